The smallest absolute Gasteiger partial charge is 0.321 e. The third-order valence-electron chi connectivity index (χ3n) is 3.15. The minimum atomic E-state index is -4.35. The first-order valence-corrected chi connectivity index (χ1v) is 5.70. The van der Waals surface area contributed by atoms with Crippen molar-refractivity contribution >= 4 is 15.9 Å². The van der Waals surface area contributed by atoms with Crippen molar-refractivity contribution in [1.82, 2.24) is 0 Å². The highest BCUT2D eigenvalue weighted by Crippen LogP contribution is 2.52. The molecule has 1 aromatic rings. The number of hydrogen-bond acceptors (Lipinski definition) is 1. The topological polar surface area (TPSA) is 26.0 Å². The van der Waals surface area contributed by atoms with Gasteiger partial charge in [-0.05, 0) is 30.0 Å². The second-order valence-corrected chi connectivity index (χ2v) is 5.25. The van der Waals surface area contributed by atoms with E-state index < -0.39 is 17.3 Å². The van der Waals surface area contributed by atoms with Crippen LogP contribution in [-0.2, 0) is 11.7 Å². The molecule has 0 heterocycles. The molecule has 1 aliphatic rings. The molecule has 0 bridgehead atoms. The molecule has 1 saturated carbocycles. The minimum absolute atomic E-state index is 0.106. The van der Waals surface area contributed by atoms with E-state index in [0.717, 1.165) is 6.07 Å². The Balaban J connectivity index is 2.54. The van der Waals surface area contributed by atoms with Crippen LogP contribution in [-0.4, -0.2) is 0 Å². The lowest BCUT2D eigenvalue weighted by Crippen LogP contribution is -2.25. The van der Waals surface area contributed by atoms with E-state index in [4.69, 9.17) is 5.73 Å². The molecule has 1 fully saturated rings. The standard InChI is InChI=1S/C11H11BrF3N/c1-6-5-10(6,16)8-3-2-7(12)4-9(8)11(13,14)15/h2-4,6H,5,16H2,1H3. The Morgan fingerprint density at radius 3 is 2.44 bits per heavy atom. The molecule has 2 rings (SSSR count). The second kappa shape index (κ2) is 3.47. The third kappa shape index (κ3) is 1.86. The molecule has 1 aliphatic carbocycles. The minimum Gasteiger partial charge on any atom is -0.321 e. The molecule has 2 N–H and O–H groups in total. The fraction of sp³-hybridized carbons (Fsp3) is 0.455. The quantitative estimate of drug-likeness (QED) is 0.840. The van der Waals surface area contributed by atoms with Crippen molar-refractivity contribution in [3.8, 4) is 0 Å². The summed E-state index contributed by atoms with van der Waals surface area (Å²) in [5.41, 5.74) is 4.72. The van der Waals surface area contributed by atoms with Gasteiger partial charge in [-0.1, -0.05) is 28.9 Å². The Morgan fingerprint density at radius 2 is 2.00 bits per heavy atom. The van der Waals surface area contributed by atoms with E-state index in [9.17, 15) is 13.2 Å². The molecule has 0 aliphatic heterocycles. The lowest BCUT2D eigenvalue weighted by molar-refractivity contribution is -0.138. The molecule has 2 atom stereocenters. The van der Waals surface area contributed by atoms with Crippen LogP contribution >= 0.6 is 15.9 Å². The molecular formula is C11H11BrF3N. The third-order valence-corrected chi connectivity index (χ3v) is 3.64. The van der Waals surface area contributed by atoms with Gasteiger partial charge in [0.1, 0.15) is 0 Å². The summed E-state index contributed by atoms with van der Waals surface area (Å²) in [5.74, 6) is 0.106. The highest BCUT2D eigenvalue weighted by atomic mass is 79.9. The maximum atomic E-state index is 12.8. The predicted octanol–water partition coefficient (Wildman–Crippen LogP) is 3.66. The van der Waals surface area contributed by atoms with Crippen LogP contribution in [0.5, 0.6) is 0 Å². The zero-order valence-electron chi connectivity index (χ0n) is 8.61. The van der Waals surface area contributed by atoms with Gasteiger partial charge in [-0.3, -0.25) is 0 Å². The van der Waals surface area contributed by atoms with Crippen molar-refractivity contribution in [2.45, 2.75) is 25.1 Å². The SMILES string of the molecule is CC1CC1(N)c1ccc(Br)cc1C(F)(F)F. The van der Waals surface area contributed by atoms with Gasteiger partial charge in [0.05, 0.1) is 5.56 Å². The van der Waals surface area contributed by atoms with Crippen LogP contribution in [0.1, 0.15) is 24.5 Å². The van der Waals surface area contributed by atoms with Crippen LogP contribution in [0.25, 0.3) is 0 Å². The zero-order chi connectivity index (χ0) is 12.1. The monoisotopic (exact) mass is 293 g/mol. The van der Waals surface area contributed by atoms with E-state index in [-0.39, 0.29) is 11.5 Å². The zero-order valence-corrected chi connectivity index (χ0v) is 10.2. The van der Waals surface area contributed by atoms with Crippen molar-refractivity contribution < 1.29 is 13.2 Å². The Labute approximate surface area is 100.0 Å². The molecule has 0 amide bonds. The van der Waals surface area contributed by atoms with Crippen LogP contribution in [0.4, 0.5) is 13.2 Å². The first-order valence-electron chi connectivity index (χ1n) is 4.91. The van der Waals surface area contributed by atoms with Gasteiger partial charge in [-0.15, -0.1) is 0 Å². The summed E-state index contributed by atoms with van der Waals surface area (Å²) in [7, 11) is 0. The number of alkyl halides is 3. The second-order valence-electron chi connectivity index (χ2n) is 4.33. The fourth-order valence-corrected chi connectivity index (χ4v) is 2.34. The summed E-state index contributed by atoms with van der Waals surface area (Å²) >= 11 is 3.05. The summed E-state index contributed by atoms with van der Waals surface area (Å²) in [6.45, 7) is 1.86. The van der Waals surface area contributed by atoms with E-state index in [1.807, 2.05) is 6.92 Å². The van der Waals surface area contributed by atoms with Gasteiger partial charge in [0.2, 0.25) is 0 Å². The lowest BCUT2D eigenvalue weighted by atomic mass is 9.97. The van der Waals surface area contributed by atoms with E-state index in [0.29, 0.717) is 10.9 Å². The molecule has 88 valence electrons. The van der Waals surface area contributed by atoms with E-state index >= 15 is 0 Å². The van der Waals surface area contributed by atoms with Crippen molar-refractivity contribution in [3.05, 3.63) is 33.8 Å². The summed E-state index contributed by atoms with van der Waals surface area (Å²) < 4.78 is 38.9. The van der Waals surface area contributed by atoms with Gasteiger partial charge < -0.3 is 5.73 Å². The number of nitrogens with two attached hydrogens (primary N) is 1. The highest BCUT2D eigenvalue weighted by Gasteiger charge is 2.52. The highest BCUT2D eigenvalue weighted by molar-refractivity contribution is 9.10. The number of benzene rings is 1. The molecule has 2 unspecified atom stereocenters. The first kappa shape index (κ1) is 11.9. The average molecular weight is 294 g/mol. The van der Waals surface area contributed by atoms with Crippen molar-refractivity contribution in [1.29, 1.82) is 0 Å². The van der Waals surface area contributed by atoms with Gasteiger partial charge in [-0.25, -0.2) is 0 Å². The predicted molar refractivity (Wildman–Crippen MR) is 58.8 cm³/mol. The molecule has 0 radical (unpaired) electrons. The van der Waals surface area contributed by atoms with E-state index in [1.54, 1.807) is 6.07 Å². The summed E-state index contributed by atoms with van der Waals surface area (Å²) in [6, 6.07) is 4.16. The molecule has 1 aromatic carbocycles. The Morgan fingerprint density at radius 1 is 1.44 bits per heavy atom. The molecule has 0 saturated heterocycles. The van der Waals surface area contributed by atoms with E-state index in [2.05, 4.69) is 15.9 Å². The van der Waals surface area contributed by atoms with Gasteiger partial charge in [0.25, 0.3) is 0 Å². The van der Waals surface area contributed by atoms with Gasteiger partial charge in [-0.2, -0.15) is 13.2 Å². The van der Waals surface area contributed by atoms with Gasteiger partial charge in [0, 0.05) is 10.0 Å². The fourth-order valence-electron chi connectivity index (χ4n) is 1.98. The van der Waals surface area contributed by atoms with Crippen LogP contribution in [0.2, 0.25) is 0 Å². The maximum absolute atomic E-state index is 12.8. The first-order chi connectivity index (χ1) is 7.25. The van der Waals surface area contributed by atoms with E-state index in [1.165, 1.54) is 6.07 Å². The summed E-state index contributed by atoms with van der Waals surface area (Å²) in [4.78, 5) is 0. The largest absolute Gasteiger partial charge is 0.416 e. The Hall–Kier alpha value is -0.550. The van der Waals surface area contributed by atoms with Crippen LogP contribution in [0, 0.1) is 5.92 Å². The normalized spacial score (nSPS) is 29.2. The van der Waals surface area contributed by atoms with Crippen LogP contribution in [0.3, 0.4) is 0 Å². The van der Waals surface area contributed by atoms with Crippen LogP contribution in [0.15, 0.2) is 22.7 Å². The number of rotatable bonds is 1. The lowest BCUT2D eigenvalue weighted by Gasteiger charge is -2.18. The molecule has 1 nitrogen and oxygen atoms in total. The Bertz CT molecular complexity index is 430. The summed E-state index contributed by atoms with van der Waals surface area (Å²) in [6.07, 6.45) is -3.74. The molecule has 16 heavy (non-hydrogen) atoms. The number of halogens is 4. The molecule has 5 heteroatoms. The maximum Gasteiger partial charge on any atom is 0.416 e. The van der Waals surface area contributed by atoms with Crippen molar-refractivity contribution in [2.24, 2.45) is 11.7 Å². The molecule has 0 aromatic heterocycles. The van der Waals surface area contributed by atoms with Gasteiger partial charge in [0.15, 0.2) is 0 Å². The van der Waals surface area contributed by atoms with Crippen molar-refractivity contribution in [2.75, 3.05) is 0 Å². The Kier molecular flexibility index (Phi) is 2.58. The average Bonchev–Trinajstić information content (AvgIpc) is 2.74. The molecule has 0 spiro atoms. The van der Waals surface area contributed by atoms with Crippen LogP contribution < -0.4 is 5.73 Å². The van der Waals surface area contributed by atoms with Gasteiger partial charge >= 0.3 is 6.18 Å². The van der Waals surface area contributed by atoms with Crippen molar-refractivity contribution in [3.63, 3.8) is 0 Å². The molecular weight excluding hydrogens is 283 g/mol. The number of hydrogen-bond donors (Lipinski definition) is 1. The summed E-state index contributed by atoms with van der Waals surface area (Å²) in [5, 5.41) is 0.